The van der Waals surface area contributed by atoms with Crippen molar-refractivity contribution in [2.45, 2.75) is 20.1 Å². The third kappa shape index (κ3) is 9.68. The maximum atomic E-state index is 8.67. The van der Waals surface area contributed by atoms with Crippen molar-refractivity contribution in [2.75, 3.05) is 7.11 Å². The smallest absolute Gasteiger partial charge is 0.314 e. The average molecular weight is 239 g/mol. The van der Waals surface area contributed by atoms with Gasteiger partial charge in [0.15, 0.2) is 0 Å². The van der Waals surface area contributed by atoms with Crippen LogP contribution in [0.1, 0.15) is 13.8 Å². The summed E-state index contributed by atoms with van der Waals surface area (Å²) in [6.07, 6.45) is -0.255. The summed E-state index contributed by atoms with van der Waals surface area (Å²) in [5.74, 6) is 0.303. The van der Waals surface area contributed by atoms with Gasteiger partial charge in [0, 0.05) is 7.11 Å². The van der Waals surface area contributed by atoms with Crippen molar-refractivity contribution in [1.82, 2.24) is 0 Å². The van der Waals surface area contributed by atoms with Crippen LogP contribution in [0.4, 0.5) is 0 Å². The van der Waals surface area contributed by atoms with Crippen molar-refractivity contribution in [3.8, 4) is 0 Å². The Morgan fingerprint density at radius 1 is 1.64 bits per heavy atom. The van der Waals surface area contributed by atoms with E-state index >= 15 is 0 Å². The molecular formula is C7H11NO2Tc. The summed E-state index contributed by atoms with van der Waals surface area (Å²) in [5, 5.41) is 0. The molecule has 0 bridgehead atoms. The molecule has 0 rings (SSSR count). The van der Waals surface area contributed by atoms with E-state index in [4.69, 9.17) is 16.1 Å². The monoisotopic (exact) mass is 238 g/mol. The number of rotatable bonds is 2. The third-order valence-corrected chi connectivity index (χ3v) is 0.939. The molecule has 4 heteroatoms. The molecule has 3 nitrogen and oxygen atoms in total. The van der Waals surface area contributed by atoms with Gasteiger partial charge in [0.2, 0.25) is 0 Å². The summed E-state index contributed by atoms with van der Waals surface area (Å²) >= 11 is 1.48. The normalized spacial score (nSPS) is 10.5. The van der Waals surface area contributed by atoms with Gasteiger partial charge in [-0.1, -0.05) is 13.8 Å². The maximum absolute atomic E-state index is 8.67. The van der Waals surface area contributed by atoms with Gasteiger partial charge in [0.1, 0.15) is 0 Å². The van der Waals surface area contributed by atoms with Crippen molar-refractivity contribution in [1.29, 1.82) is 0 Å². The predicted octanol–water partition coefficient (Wildman–Crippen LogP) is 1.13. The average Bonchev–Trinajstić information content (AvgIpc) is 1.91. The van der Waals surface area contributed by atoms with Crippen LogP contribution in [0.3, 0.4) is 0 Å². The summed E-state index contributed by atoms with van der Waals surface area (Å²) in [5.41, 5.74) is 0. The molecule has 0 saturated heterocycles. The first-order chi connectivity index (χ1) is 5.13. The minimum absolute atomic E-state index is 0.255. The van der Waals surface area contributed by atoms with Gasteiger partial charge in [-0.2, -0.15) is 0 Å². The van der Waals surface area contributed by atoms with E-state index in [2.05, 4.69) is 4.85 Å². The minimum Gasteiger partial charge on any atom is -0.314 e. The fourth-order valence-corrected chi connectivity index (χ4v) is 0.474. The van der Waals surface area contributed by atoms with Crippen LogP contribution in [0.2, 0.25) is 0 Å². The Balaban J connectivity index is 0. The van der Waals surface area contributed by atoms with Gasteiger partial charge < -0.3 is 4.74 Å². The molecule has 1 atom stereocenters. The van der Waals surface area contributed by atoms with Gasteiger partial charge in [0.25, 0.3) is 0 Å². The molecule has 0 fully saturated rings. The molecule has 1 unspecified atom stereocenters. The number of ether oxygens (including phenoxy) is 1. The van der Waals surface area contributed by atoms with E-state index in [0.717, 1.165) is 0 Å². The Kier molecular flexibility index (Phi) is 11.7. The first-order valence-corrected chi connectivity index (χ1v) is 3.94. The zero-order chi connectivity index (χ0) is 9.28. The standard InChI is InChI=1S/C6H11NO.CO.Tc/c1-5(2)6(7-3)8-4;1-2;/h5-6H,1-2,4H3;;. The number of hydrogen-bond acceptors (Lipinski definition) is 2. The molecule has 0 aromatic rings. The Morgan fingerprint density at radius 3 is 2.00 bits per heavy atom. The molecule has 0 aromatic carbocycles. The summed E-state index contributed by atoms with van der Waals surface area (Å²) in [6.45, 7) is 10.5. The molecule has 0 aliphatic rings. The number of nitrogens with zero attached hydrogens (tertiary/aromatic N) is 1. The van der Waals surface area contributed by atoms with Crippen LogP contribution in [0.15, 0.2) is 0 Å². The van der Waals surface area contributed by atoms with Crippen LogP contribution < -0.4 is 0 Å². The van der Waals surface area contributed by atoms with E-state index in [9.17, 15) is 0 Å². The number of methoxy groups -OCH3 is 1. The Morgan fingerprint density at radius 2 is 2.00 bits per heavy atom. The number of hydrogen-bond donors (Lipinski definition) is 0. The van der Waals surface area contributed by atoms with Gasteiger partial charge >= 0.3 is 33.9 Å². The topological polar surface area (TPSA) is 30.7 Å². The first kappa shape index (κ1) is 13.3. The van der Waals surface area contributed by atoms with Crippen molar-refractivity contribution in [2.24, 2.45) is 5.92 Å². The van der Waals surface area contributed by atoms with Crippen LogP contribution in [-0.2, 0) is 28.0 Å². The number of carbonyl (C=O) groups excluding carboxylic acids is 1. The van der Waals surface area contributed by atoms with Gasteiger partial charge in [-0.3, -0.25) is 4.85 Å². The van der Waals surface area contributed by atoms with Crippen molar-refractivity contribution >= 4 is 4.39 Å². The first-order valence-electron chi connectivity index (χ1n) is 3.01. The SMILES string of the molecule is O=[C]=[Tc].[C-]#[N+]C(OC)C(C)C. The molecule has 0 heterocycles. The van der Waals surface area contributed by atoms with E-state index in [1.807, 2.05) is 13.8 Å². The molecule has 0 spiro atoms. The Hall–Kier alpha value is -0.321. The van der Waals surface area contributed by atoms with Crippen LogP contribution in [0, 0.1) is 12.5 Å². The summed E-state index contributed by atoms with van der Waals surface area (Å²) in [6, 6.07) is 0. The Bertz CT molecular complexity index is 156. The molecule has 63 valence electrons. The van der Waals surface area contributed by atoms with Crippen LogP contribution in [-0.4, -0.2) is 17.7 Å². The second kappa shape index (κ2) is 9.68. The summed E-state index contributed by atoms with van der Waals surface area (Å²) in [4.78, 5) is 11.9. The van der Waals surface area contributed by atoms with Crippen molar-refractivity contribution in [3.63, 3.8) is 0 Å². The molecule has 0 amide bonds. The zero-order valence-corrected chi connectivity index (χ0v) is 8.65. The second-order valence-electron chi connectivity index (χ2n) is 2.08. The molecule has 0 aromatic heterocycles. The predicted molar refractivity (Wildman–Crippen MR) is 37.9 cm³/mol. The fraction of sp³-hybridized carbons (Fsp3) is 0.714. The van der Waals surface area contributed by atoms with E-state index in [1.165, 1.54) is 22.8 Å². The van der Waals surface area contributed by atoms with Crippen molar-refractivity contribution in [3.05, 3.63) is 11.4 Å². The summed E-state index contributed by atoms with van der Waals surface area (Å²) in [7, 11) is 1.56. The third-order valence-electron chi connectivity index (χ3n) is 0.939. The van der Waals surface area contributed by atoms with Gasteiger partial charge in [-0.15, -0.1) is 0 Å². The molecular weight excluding hydrogens is 228 g/mol. The molecule has 0 saturated carbocycles. The fourth-order valence-electron chi connectivity index (χ4n) is 0.474. The van der Waals surface area contributed by atoms with Gasteiger partial charge in [-0.25, -0.2) is 6.57 Å². The van der Waals surface area contributed by atoms with Crippen LogP contribution in [0.25, 0.3) is 4.85 Å². The molecule has 0 aliphatic heterocycles. The van der Waals surface area contributed by atoms with E-state index in [-0.39, 0.29) is 6.23 Å². The van der Waals surface area contributed by atoms with E-state index < -0.39 is 0 Å². The molecule has 11 heavy (non-hydrogen) atoms. The Labute approximate surface area is 77.2 Å². The second-order valence-corrected chi connectivity index (χ2v) is 2.46. The largest absolute Gasteiger partial charge is 0.329 e. The van der Waals surface area contributed by atoms with Gasteiger partial charge in [-0.05, 0) is 0 Å². The van der Waals surface area contributed by atoms with Crippen LogP contribution >= 0.6 is 0 Å². The molecule has 0 aliphatic carbocycles. The van der Waals surface area contributed by atoms with Crippen LogP contribution in [0.5, 0.6) is 0 Å². The summed E-state index contributed by atoms with van der Waals surface area (Å²) < 4.78 is 6.28. The maximum Gasteiger partial charge on any atom is 0.329 e. The minimum atomic E-state index is -0.255. The van der Waals surface area contributed by atoms with E-state index in [0.29, 0.717) is 5.92 Å². The quantitative estimate of drug-likeness (QED) is 0.676. The molecule has 0 radical (unpaired) electrons. The zero-order valence-electron chi connectivity index (χ0n) is 6.80. The van der Waals surface area contributed by atoms with Crippen molar-refractivity contribution < 1.29 is 28.0 Å². The van der Waals surface area contributed by atoms with Gasteiger partial charge in [0.05, 0.1) is 5.92 Å². The van der Waals surface area contributed by atoms with E-state index in [1.54, 1.807) is 7.11 Å². The molecule has 0 N–H and O–H groups in total.